The van der Waals surface area contributed by atoms with Gasteiger partial charge in [-0.1, -0.05) is 114 Å². The van der Waals surface area contributed by atoms with E-state index in [1.165, 1.54) is 77.0 Å². The van der Waals surface area contributed by atoms with E-state index in [0.717, 1.165) is 24.4 Å². The molecule has 0 bridgehead atoms. The van der Waals surface area contributed by atoms with Crippen molar-refractivity contribution in [2.45, 2.75) is 96.8 Å². The van der Waals surface area contributed by atoms with E-state index in [9.17, 15) is 4.79 Å². The van der Waals surface area contributed by atoms with Gasteiger partial charge in [-0.25, -0.2) is 0 Å². The van der Waals surface area contributed by atoms with E-state index >= 15 is 0 Å². The molecule has 1 heterocycles. The van der Waals surface area contributed by atoms with Gasteiger partial charge in [0.15, 0.2) is 5.15 Å². The number of unbranched alkanes of at least 4 members (excludes halogenated alkanes) is 13. The Balaban J connectivity index is 1.84. The Morgan fingerprint density at radius 1 is 0.846 bits per heavy atom. The topological polar surface area (TPSA) is 42.0 Å². The second-order valence-corrected chi connectivity index (χ2v) is 8.48. The van der Waals surface area contributed by atoms with E-state index < -0.39 is 0 Å². The van der Waals surface area contributed by atoms with Crippen LogP contribution in [0.25, 0.3) is 0 Å². The summed E-state index contributed by atoms with van der Waals surface area (Å²) in [5.74, 6) is -0.172. The predicted molar refractivity (Wildman–Crippen MR) is 115 cm³/mol. The molecular weight excluding hydrogens is 387 g/mol. The van der Waals surface area contributed by atoms with Crippen LogP contribution in [0.4, 0.5) is 0 Å². The first-order valence-electron chi connectivity index (χ1n) is 10.3. The van der Waals surface area contributed by atoms with Crippen LogP contribution in [0.15, 0.2) is 0 Å². The summed E-state index contributed by atoms with van der Waals surface area (Å²) in [4.78, 5) is 12.3. The number of hydrogen-bond donors (Lipinski definition) is 1. The number of rotatable bonds is 16. The van der Waals surface area contributed by atoms with Gasteiger partial charge in [-0.3, -0.25) is 4.79 Å². The number of halogens is 2. The molecule has 0 saturated carbocycles. The first-order chi connectivity index (χ1) is 12.7. The van der Waals surface area contributed by atoms with Crippen molar-refractivity contribution in [3.05, 3.63) is 15.1 Å². The van der Waals surface area contributed by atoms with Crippen molar-refractivity contribution < 1.29 is 4.79 Å². The van der Waals surface area contributed by atoms with Crippen molar-refractivity contribution in [3.8, 4) is 0 Å². The number of carbonyl (C=O) groups is 1. The molecule has 6 heteroatoms. The molecule has 0 aliphatic heterocycles. The number of aromatic nitrogens is 1. The van der Waals surface area contributed by atoms with Gasteiger partial charge in [-0.05, 0) is 18.0 Å². The third-order valence-electron chi connectivity index (χ3n) is 4.62. The number of nitrogens with one attached hydrogen (secondary N) is 1. The Labute approximate surface area is 173 Å². The number of carbonyl (C=O) groups excluding carboxylic acids is 1. The van der Waals surface area contributed by atoms with Crippen molar-refractivity contribution in [2.75, 3.05) is 6.54 Å². The monoisotopic (exact) mass is 420 g/mol. The SMILES string of the molecule is CCCCCCCCCCCCCCCCNC(=O)c1snc(Cl)c1Cl. The van der Waals surface area contributed by atoms with Crippen LogP contribution in [0, 0.1) is 0 Å². The molecule has 0 unspecified atom stereocenters. The number of hydrogen-bond acceptors (Lipinski definition) is 3. The minimum Gasteiger partial charge on any atom is -0.351 e. The Morgan fingerprint density at radius 2 is 1.31 bits per heavy atom. The lowest BCUT2D eigenvalue weighted by atomic mass is 10.0. The summed E-state index contributed by atoms with van der Waals surface area (Å²) in [6.45, 7) is 2.95. The first-order valence-corrected chi connectivity index (χ1v) is 11.8. The molecular formula is C20H34Cl2N2OS. The molecule has 0 radical (unpaired) electrons. The lowest BCUT2D eigenvalue weighted by molar-refractivity contribution is 0.0957. The van der Waals surface area contributed by atoms with Gasteiger partial charge < -0.3 is 5.32 Å². The van der Waals surface area contributed by atoms with Crippen molar-refractivity contribution in [2.24, 2.45) is 0 Å². The van der Waals surface area contributed by atoms with Crippen LogP contribution >= 0.6 is 34.7 Å². The summed E-state index contributed by atoms with van der Waals surface area (Å²) in [6.07, 6.45) is 18.7. The molecule has 0 aliphatic rings. The van der Waals surface area contributed by atoms with Gasteiger partial charge in [0.1, 0.15) is 9.90 Å². The highest BCUT2D eigenvalue weighted by atomic mass is 35.5. The molecule has 0 saturated heterocycles. The van der Waals surface area contributed by atoms with Crippen LogP contribution in [-0.4, -0.2) is 16.8 Å². The van der Waals surface area contributed by atoms with Crippen molar-refractivity contribution in [3.63, 3.8) is 0 Å². The molecule has 0 spiro atoms. The maximum absolute atomic E-state index is 11.9. The Hall–Kier alpha value is -0.320. The normalized spacial score (nSPS) is 11.0. The smallest absolute Gasteiger partial charge is 0.264 e. The van der Waals surface area contributed by atoms with E-state index in [-0.39, 0.29) is 16.1 Å². The van der Waals surface area contributed by atoms with E-state index in [1.807, 2.05) is 0 Å². The lowest BCUT2D eigenvalue weighted by Gasteiger charge is -2.05. The fourth-order valence-corrected chi connectivity index (χ4v) is 4.13. The molecule has 1 aromatic heterocycles. The van der Waals surface area contributed by atoms with Gasteiger partial charge in [-0.15, -0.1) is 0 Å². The van der Waals surface area contributed by atoms with Gasteiger partial charge in [-0.2, -0.15) is 4.37 Å². The van der Waals surface area contributed by atoms with Crippen LogP contribution in [-0.2, 0) is 0 Å². The summed E-state index contributed by atoms with van der Waals surface area (Å²) in [5.41, 5.74) is 0. The fraction of sp³-hybridized carbons (Fsp3) is 0.800. The van der Waals surface area contributed by atoms with E-state index in [0.29, 0.717) is 11.4 Å². The maximum atomic E-state index is 11.9. The molecule has 1 amide bonds. The zero-order chi connectivity index (χ0) is 19.0. The maximum Gasteiger partial charge on any atom is 0.264 e. The van der Waals surface area contributed by atoms with Gasteiger partial charge in [0.2, 0.25) is 0 Å². The summed E-state index contributed by atoms with van der Waals surface area (Å²) >= 11 is 12.7. The quantitative estimate of drug-likeness (QED) is 0.278. The number of amides is 1. The second-order valence-electron chi connectivity index (χ2n) is 6.97. The molecule has 0 fully saturated rings. The van der Waals surface area contributed by atoms with E-state index in [1.54, 1.807) is 0 Å². The Kier molecular flexibility index (Phi) is 14.3. The predicted octanol–water partition coefficient (Wildman–Crippen LogP) is 7.66. The molecule has 1 aromatic rings. The van der Waals surface area contributed by atoms with Gasteiger partial charge in [0, 0.05) is 6.54 Å². The highest BCUT2D eigenvalue weighted by Crippen LogP contribution is 2.28. The summed E-state index contributed by atoms with van der Waals surface area (Å²) in [5, 5.41) is 3.35. The largest absolute Gasteiger partial charge is 0.351 e. The minimum absolute atomic E-state index is 0.172. The molecule has 1 N–H and O–H groups in total. The van der Waals surface area contributed by atoms with E-state index in [4.69, 9.17) is 23.2 Å². The van der Waals surface area contributed by atoms with Gasteiger partial charge in [0.25, 0.3) is 5.91 Å². The van der Waals surface area contributed by atoms with Crippen LogP contribution in [0.5, 0.6) is 0 Å². The van der Waals surface area contributed by atoms with Crippen LogP contribution in [0.3, 0.4) is 0 Å². The molecule has 0 aromatic carbocycles. The molecule has 0 aliphatic carbocycles. The van der Waals surface area contributed by atoms with Crippen LogP contribution in [0.2, 0.25) is 10.2 Å². The summed E-state index contributed by atoms with van der Waals surface area (Å²) in [7, 11) is 0. The number of nitrogens with zero attached hydrogens (tertiary/aromatic N) is 1. The minimum atomic E-state index is -0.172. The third-order valence-corrected chi connectivity index (χ3v) is 6.42. The standard InChI is InChI=1S/C20H34Cl2N2OS/c1-2-3-4-5-6-7-8-9-10-11-12-13-14-15-16-23-20(25)18-17(21)19(22)24-26-18/h2-16H2,1H3,(H,23,25). The van der Waals surface area contributed by atoms with E-state index in [2.05, 4.69) is 16.6 Å². The molecule has 26 heavy (non-hydrogen) atoms. The highest BCUT2D eigenvalue weighted by molar-refractivity contribution is 7.09. The molecule has 150 valence electrons. The zero-order valence-corrected chi connectivity index (χ0v) is 18.5. The highest BCUT2D eigenvalue weighted by Gasteiger charge is 2.16. The molecule has 3 nitrogen and oxygen atoms in total. The van der Waals surface area contributed by atoms with Gasteiger partial charge in [0.05, 0.1) is 0 Å². The van der Waals surface area contributed by atoms with Crippen molar-refractivity contribution >= 4 is 40.6 Å². The van der Waals surface area contributed by atoms with Crippen LogP contribution < -0.4 is 5.32 Å². The second kappa shape index (κ2) is 15.7. The first kappa shape index (κ1) is 23.7. The lowest BCUT2D eigenvalue weighted by Crippen LogP contribution is -2.23. The summed E-state index contributed by atoms with van der Waals surface area (Å²) < 4.78 is 3.87. The molecule has 0 atom stereocenters. The fourth-order valence-electron chi connectivity index (χ4n) is 3.00. The van der Waals surface area contributed by atoms with Crippen LogP contribution in [0.1, 0.15) is 106 Å². The Morgan fingerprint density at radius 3 is 1.73 bits per heavy atom. The van der Waals surface area contributed by atoms with Crippen molar-refractivity contribution in [1.29, 1.82) is 0 Å². The van der Waals surface area contributed by atoms with Gasteiger partial charge >= 0.3 is 0 Å². The average molecular weight is 421 g/mol. The third kappa shape index (κ3) is 10.7. The van der Waals surface area contributed by atoms with Crippen molar-refractivity contribution in [1.82, 2.24) is 9.69 Å². The summed E-state index contributed by atoms with van der Waals surface area (Å²) in [6, 6.07) is 0. The average Bonchev–Trinajstić information content (AvgIpc) is 2.97. The molecule has 1 rings (SSSR count). The Bertz CT molecular complexity index is 494. The zero-order valence-electron chi connectivity index (χ0n) is 16.1.